The third kappa shape index (κ3) is 6.61. The van der Waals surface area contributed by atoms with Crippen LogP contribution in [0.1, 0.15) is 38.7 Å². The highest BCUT2D eigenvalue weighted by molar-refractivity contribution is 5.85. The molecule has 0 unspecified atom stereocenters. The van der Waals surface area contributed by atoms with Gasteiger partial charge in [-0.1, -0.05) is 48.1 Å². The highest BCUT2D eigenvalue weighted by atomic mass is 16.4. The van der Waals surface area contributed by atoms with E-state index in [9.17, 15) is 4.79 Å². The third-order valence-electron chi connectivity index (χ3n) is 3.10. The highest BCUT2D eigenvalue weighted by Crippen LogP contribution is 2.10. The maximum atomic E-state index is 10.6. The van der Waals surface area contributed by atoms with Gasteiger partial charge in [-0.25, -0.2) is 4.79 Å². The van der Waals surface area contributed by atoms with Gasteiger partial charge in [0.2, 0.25) is 0 Å². The molecule has 102 valence electrons. The van der Waals surface area contributed by atoms with Gasteiger partial charge in [0.25, 0.3) is 0 Å². The molecule has 0 aliphatic carbocycles. The summed E-state index contributed by atoms with van der Waals surface area (Å²) in [5.74, 6) is -0.828. The van der Waals surface area contributed by atoms with Crippen LogP contribution in [0.25, 0.3) is 0 Å². The minimum absolute atomic E-state index is 0.428. The number of carbonyl (C=O) groups is 1. The Kier molecular flexibility index (Phi) is 6.65. The molecular weight excluding hydrogens is 236 g/mol. The number of hydrogen-bond acceptors (Lipinski definition) is 1. The molecule has 2 nitrogen and oxygen atoms in total. The Morgan fingerprint density at radius 2 is 1.79 bits per heavy atom. The fourth-order valence-corrected chi connectivity index (χ4v) is 1.84. The van der Waals surface area contributed by atoms with Crippen molar-refractivity contribution in [1.82, 2.24) is 0 Å². The average molecular weight is 258 g/mol. The Morgan fingerprint density at radius 1 is 1.11 bits per heavy atom. The lowest BCUT2D eigenvalue weighted by atomic mass is 10.1. The summed E-state index contributed by atoms with van der Waals surface area (Å²) >= 11 is 0. The summed E-state index contributed by atoms with van der Waals surface area (Å²) in [6.45, 7) is 3.74. The van der Waals surface area contributed by atoms with E-state index >= 15 is 0 Å². The van der Waals surface area contributed by atoms with Crippen molar-refractivity contribution in [3.05, 3.63) is 59.2 Å². The zero-order valence-electron chi connectivity index (χ0n) is 11.7. The van der Waals surface area contributed by atoms with Crippen molar-refractivity contribution in [2.24, 2.45) is 0 Å². The Bertz CT molecular complexity index is 455. The molecule has 0 aliphatic heterocycles. The first-order valence-electron chi connectivity index (χ1n) is 6.69. The minimum atomic E-state index is -0.828. The first-order chi connectivity index (χ1) is 9.09. The molecule has 0 aliphatic rings. The summed E-state index contributed by atoms with van der Waals surface area (Å²) in [6, 6.07) is 10.4. The van der Waals surface area contributed by atoms with E-state index in [1.165, 1.54) is 11.1 Å². The molecule has 0 aromatic heterocycles. The van der Waals surface area contributed by atoms with E-state index in [2.05, 4.69) is 37.3 Å². The molecule has 0 saturated carbocycles. The van der Waals surface area contributed by atoms with Crippen LogP contribution in [-0.4, -0.2) is 11.1 Å². The van der Waals surface area contributed by atoms with Crippen molar-refractivity contribution in [3.63, 3.8) is 0 Å². The molecule has 0 fully saturated rings. The molecule has 1 aromatic rings. The summed E-state index contributed by atoms with van der Waals surface area (Å²) in [5, 5.41) is 8.73. The van der Waals surface area contributed by atoms with E-state index in [0.29, 0.717) is 5.57 Å². The van der Waals surface area contributed by atoms with Crippen LogP contribution in [0.5, 0.6) is 0 Å². The van der Waals surface area contributed by atoms with Gasteiger partial charge in [0.1, 0.15) is 0 Å². The molecule has 19 heavy (non-hydrogen) atoms. The standard InChI is InChI=1S/C17H22O2/c1-14(8-6-10-15(2)17(18)19)9-7-13-16-11-4-3-5-12-16/h3-5,9-12H,6-8,13H2,1-2H3,(H,18,19)/b14-9+,15-10+. The molecule has 1 N–H and O–H groups in total. The highest BCUT2D eigenvalue weighted by Gasteiger charge is 1.98. The number of allylic oxidation sites excluding steroid dienone is 3. The minimum Gasteiger partial charge on any atom is -0.478 e. The molecule has 0 amide bonds. The van der Waals surface area contributed by atoms with Gasteiger partial charge in [-0.15, -0.1) is 0 Å². The van der Waals surface area contributed by atoms with Crippen molar-refractivity contribution in [2.45, 2.75) is 39.5 Å². The summed E-state index contributed by atoms with van der Waals surface area (Å²) in [5.41, 5.74) is 3.11. The summed E-state index contributed by atoms with van der Waals surface area (Å²) in [4.78, 5) is 10.6. The van der Waals surface area contributed by atoms with Crippen LogP contribution in [-0.2, 0) is 11.2 Å². The zero-order chi connectivity index (χ0) is 14.1. The Hall–Kier alpha value is -1.83. The van der Waals surface area contributed by atoms with Gasteiger partial charge in [0.05, 0.1) is 0 Å². The predicted octanol–water partition coefficient (Wildman–Crippen LogP) is 4.38. The summed E-state index contributed by atoms with van der Waals surface area (Å²) < 4.78 is 0. The predicted molar refractivity (Wildman–Crippen MR) is 79.1 cm³/mol. The van der Waals surface area contributed by atoms with E-state index in [1.807, 2.05) is 6.07 Å². The largest absolute Gasteiger partial charge is 0.478 e. The fraction of sp³-hybridized carbons (Fsp3) is 0.353. The Morgan fingerprint density at radius 3 is 2.42 bits per heavy atom. The molecule has 0 bridgehead atoms. The topological polar surface area (TPSA) is 37.3 Å². The van der Waals surface area contributed by atoms with Crippen LogP contribution in [0.2, 0.25) is 0 Å². The molecule has 0 saturated heterocycles. The van der Waals surface area contributed by atoms with E-state index < -0.39 is 5.97 Å². The van der Waals surface area contributed by atoms with E-state index in [0.717, 1.165) is 25.7 Å². The average Bonchev–Trinajstić information content (AvgIpc) is 2.39. The summed E-state index contributed by atoms with van der Waals surface area (Å²) in [6.07, 6.45) is 7.86. The molecule has 0 atom stereocenters. The number of rotatable bonds is 7. The van der Waals surface area contributed by atoms with Crippen molar-refractivity contribution in [2.75, 3.05) is 0 Å². The maximum Gasteiger partial charge on any atom is 0.330 e. The van der Waals surface area contributed by atoms with Crippen LogP contribution in [0.4, 0.5) is 0 Å². The van der Waals surface area contributed by atoms with Crippen LogP contribution in [0.15, 0.2) is 53.6 Å². The van der Waals surface area contributed by atoms with Gasteiger partial charge >= 0.3 is 5.97 Å². The molecule has 2 heteroatoms. The van der Waals surface area contributed by atoms with Crippen molar-refractivity contribution in [3.8, 4) is 0 Å². The quantitative estimate of drug-likeness (QED) is 0.582. The van der Waals surface area contributed by atoms with Crippen molar-refractivity contribution in [1.29, 1.82) is 0 Å². The molecule has 1 aromatic carbocycles. The van der Waals surface area contributed by atoms with Gasteiger partial charge in [-0.2, -0.15) is 0 Å². The first-order valence-corrected chi connectivity index (χ1v) is 6.69. The monoisotopic (exact) mass is 258 g/mol. The number of carboxylic acids is 1. The van der Waals surface area contributed by atoms with Crippen LogP contribution in [0.3, 0.4) is 0 Å². The van der Waals surface area contributed by atoms with Crippen LogP contribution < -0.4 is 0 Å². The smallest absolute Gasteiger partial charge is 0.330 e. The summed E-state index contributed by atoms with van der Waals surface area (Å²) in [7, 11) is 0. The number of aliphatic carboxylic acids is 1. The normalized spacial score (nSPS) is 12.5. The molecular formula is C17H22O2. The lowest BCUT2D eigenvalue weighted by molar-refractivity contribution is -0.132. The van der Waals surface area contributed by atoms with Gasteiger partial charge in [-0.05, 0) is 45.1 Å². The number of aryl methyl sites for hydroxylation is 1. The van der Waals surface area contributed by atoms with Gasteiger partial charge in [0.15, 0.2) is 0 Å². The van der Waals surface area contributed by atoms with Crippen LogP contribution >= 0.6 is 0 Å². The van der Waals surface area contributed by atoms with Crippen molar-refractivity contribution >= 4 is 5.97 Å². The van der Waals surface area contributed by atoms with Gasteiger partial charge in [0, 0.05) is 5.57 Å². The first kappa shape index (κ1) is 15.2. The lowest BCUT2D eigenvalue weighted by Gasteiger charge is -2.01. The van der Waals surface area contributed by atoms with Crippen molar-refractivity contribution < 1.29 is 9.90 Å². The van der Waals surface area contributed by atoms with Gasteiger partial charge < -0.3 is 5.11 Å². The number of hydrogen-bond donors (Lipinski definition) is 1. The Balaban J connectivity index is 2.30. The van der Waals surface area contributed by atoms with E-state index in [1.54, 1.807) is 13.0 Å². The van der Waals surface area contributed by atoms with E-state index in [4.69, 9.17) is 5.11 Å². The molecule has 0 radical (unpaired) electrons. The fourth-order valence-electron chi connectivity index (χ4n) is 1.84. The third-order valence-corrected chi connectivity index (χ3v) is 3.10. The maximum absolute atomic E-state index is 10.6. The van der Waals surface area contributed by atoms with E-state index in [-0.39, 0.29) is 0 Å². The molecule has 0 heterocycles. The zero-order valence-corrected chi connectivity index (χ0v) is 11.7. The second-order valence-corrected chi connectivity index (χ2v) is 4.81. The van der Waals surface area contributed by atoms with Crippen LogP contribution in [0, 0.1) is 0 Å². The second-order valence-electron chi connectivity index (χ2n) is 4.81. The number of benzene rings is 1. The molecule has 1 rings (SSSR count). The number of carboxylic acid groups (broad SMARTS) is 1. The molecule has 0 spiro atoms. The lowest BCUT2D eigenvalue weighted by Crippen LogP contribution is -1.95. The Labute approximate surface area is 115 Å². The SMILES string of the molecule is C/C(=C\CCc1ccccc1)CC/C=C(\C)C(=O)O. The second kappa shape index (κ2) is 8.30. The van der Waals surface area contributed by atoms with Gasteiger partial charge in [-0.3, -0.25) is 0 Å².